The van der Waals surface area contributed by atoms with Crippen molar-refractivity contribution in [2.24, 2.45) is 0 Å². The molecule has 0 spiro atoms. The molecule has 5 aromatic rings. The highest BCUT2D eigenvalue weighted by Crippen LogP contribution is 2.34. The molecule has 1 aromatic heterocycles. The molecule has 0 saturated heterocycles. The van der Waals surface area contributed by atoms with Crippen molar-refractivity contribution in [2.75, 3.05) is 38.0 Å². The predicted molar refractivity (Wildman–Crippen MR) is 163 cm³/mol. The number of anilines is 2. The van der Waals surface area contributed by atoms with Gasteiger partial charge in [0, 0.05) is 79.5 Å². The van der Waals surface area contributed by atoms with E-state index in [1.54, 1.807) is 12.1 Å². The fraction of sp³-hybridized carbons (Fsp3) is 0.121. The van der Waals surface area contributed by atoms with E-state index in [2.05, 4.69) is 75.2 Å². The zero-order valence-corrected chi connectivity index (χ0v) is 22.8. The van der Waals surface area contributed by atoms with Gasteiger partial charge >= 0.3 is 0 Å². The van der Waals surface area contributed by atoms with Gasteiger partial charge in [0.15, 0.2) is 0 Å². The smallest absolute Gasteiger partial charge is 0.269 e. The SMILES string of the molecule is CN(C)c1ccc(-c2nc(-c3ccc(C#Cc4ccc([N+](=O)[O-])cc4)cc3)[nH]c2-c2ccc(N(C)C)cc2)cc1. The van der Waals surface area contributed by atoms with E-state index in [4.69, 9.17) is 4.98 Å². The number of rotatable bonds is 6. The molecule has 1 heterocycles. The van der Waals surface area contributed by atoms with Crippen LogP contribution in [0, 0.1) is 22.0 Å². The molecule has 0 atom stereocenters. The van der Waals surface area contributed by atoms with Gasteiger partial charge < -0.3 is 14.8 Å². The number of H-pyrrole nitrogens is 1. The summed E-state index contributed by atoms with van der Waals surface area (Å²) in [5, 5.41) is 10.9. The third-order valence-electron chi connectivity index (χ3n) is 6.62. The number of hydrogen-bond acceptors (Lipinski definition) is 5. The van der Waals surface area contributed by atoms with Crippen LogP contribution in [0.5, 0.6) is 0 Å². The summed E-state index contributed by atoms with van der Waals surface area (Å²) in [5.74, 6) is 6.96. The summed E-state index contributed by atoms with van der Waals surface area (Å²) in [7, 11) is 8.11. The number of aromatic amines is 1. The van der Waals surface area contributed by atoms with Crippen LogP contribution in [0.25, 0.3) is 33.9 Å². The van der Waals surface area contributed by atoms with Crippen LogP contribution in [0.1, 0.15) is 11.1 Å². The van der Waals surface area contributed by atoms with Crippen molar-refractivity contribution < 1.29 is 4.92 Å². The van der Waals surface area contributed by atoms with Crippen LogP contribution < -0.4 is 9.80 Å². The Morgan fingerprint density at radius 1 is 0.650 bits per heavy atom. The molecule has 7 heteroatoms. The van der Waals surface area contributed by atoms with E-state index < -0.39 is 4.92 Å². The molecule has 0 aliphatic carbocycles. The van der Waals surface area contributed by atoms with E-state index in [9.17, 15) is 10.1 Å². The number of benzene rings is 4. The molecule has 1 N–H and O–H groups in total. The summed E-state index contributed by atoms with van der Waals surface area (Å²) >= 11 is 0. The minimum atomic E-state index is -0.418. The van der Waals surface area contributed by atoms with E-state index in [-0.39, 0.29) is 5.69 Å². The lowest BCUT2D eigenvalue weighted by Gasteiger charge is -2.13. The topological polar surface area (TPSA) is 78.3 Å². The largest absolute Gasteiger partial charge is 0.378 e. The second-order valence-electron chi connectivity index (χ2n) is 9.82. The molecule has 0 saturated carbocycles. The maximum atomic E-state index is 10.9. The lowest BCUT2D eigenvalue weighted by Crippen LogP contribution is -2.08. The van der Waals surface area contributed by atoms with Gasteiger partial charge in [0.05, 0.1) is 16.3 Å². The standard InChI is InChI=1S/C33H29N5O2/c1-36(2)28-19-13-25(14-20-28)31-32(26-15-21-29(22-16-26)37(3)4)35-33(34-31)27-11-7-23(8-12-27)5-6-24-9-17-30(18-10-24)38(39)40/h7-22H,1-4H3,(H,34,35). The van der Waals surface area contributed by atoms with E-state index in [1.165, 1.54) is 12.1 Å². The summed E-state index contributed by atoms with van der Waals surface area (Å²) in [6.07, 6.45) is 0. The number of non-ortho nitro benzene ring substituents is 1. The number of nitrogens with one attached hydrogen (secondary N) is 1. The summed E-state index contributed by atoms with van der Waals surface area (Å²) in [5.41, 5.74) is 8.75. The molecule has 198 valence electrons. The quantitative estimate of drug-likeness (QED) is 0.148. The van der Waals surface area contributed by atoms with Gasteiger partial charge in [-0.1, -0.05) is 48.2 Å². The van der Waals surface area contributed by atoms with E-state index >= 15 is 0 Å². The Bertz CT molecular complexity index is 1620. The average Bonchev–Trinajstić information content (AvgIpc) is 3.42. The van der Waals surface area contributed by atoms with Crippen molar-refractivity contribution in [3.8, 4) is 45.7 Å². The molecule has 0 radical (unpaired) electrons. The Labute approximate surface area is 233 Å². The molecule has 0 bridgehead atoms. The molecular weight excluding hydrogens is 498 g/mol. The van der Waals surface area contributed by atoms with Gasteiger partial charge in [-0.15, -0.1) is 0 Å². The van der Waals surface area contributed by atoms with Gasteiger partial charge in [0.2, 0.25) is 0 Å². The second-order valence-corrected chi connectivity index (χ2v) is 9.82. The first-order chi connectivity index (χ1) is 19.3. The molecule has 0 aliphatic heterocycles. The Balaban J connectivity index is 1.47. The number of nitro benzene ring substituents is 1. The Kier molecular flexibility index (Phi) is 7.34. The van der Waals surface area contributed by atoms with E-state index in [1.807, 2.05) is 52.5 Å². The van der Waals surface area contributed by atoms with Gasteiger partial charge in [0.1, 0.15) is 5.82 Å². The second kappa shape index (κ2) is 11.2. The minimum Gasteiger partial charge on any atom is -0.378 e. The van der Waals surface area contributed by atoms with Crippen LogP contribution in [0.15, 0.2) is 97.1 Å². The van der Waals surface area contributed by atoms with Crippen molar-refractivity contribution in [1.82, 2.24) is 9.97 Å². The molecule has 7 nitrogen and oxygen atoms in total. The highest BCUT2D eigenvalue weighted by Gasteiger charge is 2.16. The predicted octanol–water partition coefficient (Wildman–Crippen LogP) is 6.85. The average molecular weight is 528 g/mol. The van der Waals surface area contributed by atoms with Gasteiger partial charge in [-0.2, -0.15) is 0 Å². The van der Waals surface area contributed by atoms with Crippen LogP contribution >= 0.6 is 0 Å². The maximum Gasteiger partial charge on any atom is 0.269 e. The minimum absolute atomic E-state index is 0.0503. The molecule has 4 aromatic carbocycles. The first kappa shape index (κ1) is 26.3. The zero-order chi connectivity index (χ0) is 28.2. The van der Waals surface area contributed by atoms with E-state index in [0.717, 1.165) is 56.4 Å². The third kappa shape index (κ3) is 5.71. The molecule has 0 fully saturated rings. The van der Waals surface area contributed by atoms with Crippen LogP contribution in [-0.2, 0) is 0 Å². The van der Waals surface area contributed by atoms with Crippen LogP contribution in [0.4, 0.5) is 17.1 Å². The molecule has 0 unspecified atom stereocenters. The first-order valence-electron chi connectivity index (χ1n) is 12.8. The van der Waals surface area contributed by atoms with Gasteiger partial charge in [-0.05, 0) is 48.5 Å². The number of nitrogens with zero attached hydrogens (tertiary/aromatic N) is 4. The highest BCUT2D eigenvalue weighted by molar-refractivity contribution is 5.82. The maximum absolute atomic E-state index is 10.9. The van der Waals surface area contributed by atoms with E-state index in [0.29, 0.717) is 0 Å². The summed E-state index contributed by atoms with van der Waals surface area (Å²) in [6, 6.07) is 31.0. The van der Waals surface area contributed by atoms with Crippen molar-refractivity contribution in [2.45, 2.75) is 0 Å². The normalized spacial score (nSPS) is 10.5. The lowest BCUT2D eigenvalue weighted by atomic mass is 10.0. The Morgan fingerprint density at radius 3 is 1.57 bits per heavy atom. The number of hydrogen-bond donors (Lipinski definition) is 1. The lowest BCUT2D eigenvalue weighted by molar-refractivity contribution is -0.384. The van der Waals surface area contributed by atoms with Crippen LogP contribution in [0.3, 0.4) is 0 Å². The number of imidazole rings is 1. The first-order valence-corrected chi connectivity index (χ1v) is 12.8. The van der Waals surface area contributed by atoms with Crippen LogP contribution in [-0.4, -0.2) is 43.1 Å². The molecule has 5 rings (SSSR count). The Morgan fingerprint density at radius 2 is 1.10 bits per heavy atom. The van der Waals surface area contributed by atoms with Crippen molar-refractivity contribution >= 4 is 17.1 Å². The monoisotopic (exact) mass is 527 g/mol. The molecule has 40 heavy (non-hydrogen) atoms. The number of nitro groups is 1. The fourth-order valence-electron chi connectivity index (χ4n) is 4.29. The van der Waals surface area contributed by atoms with Crippen molar-refractivity contribution in [3.63, 3.8) is 0 Å². The fourth-order valence-corrected chi connectivity index (χ4v) is 4.29. The van der Waals surface area contributed by atoms with Gasteiger partial charge in [-0.3, -0.25) is 10.1 Å². The summed E-state index contributed by atoms with van der Waals surface area (Å²) in [4.78, 5) is 23.2. The van der Waals surface area contributed by atoms with Gasteiger partial charge in [-0.25, -0.2) is 4.98 Å². The van der Waals surface area contributed by atoms with Gasteiger partial charge in [0.25, 0.3) is 5.69 Å². The van der Waals surface area contributed by atoms with Crippen molar-refractivity contribution in [1.29, 1.82) is 0 Å². The van der Waals surface area contributed by atoms with Crippen molar-refractivity contribution in [3.05, 3.63) is 118 Å². The van der Waals surface area contributed by atoms with Crippen LogP contribution in [0.2, 0.25) is 0 Å². The number of aromatic nitrogens is 2. The summed E-state index contributed by atoms with van der Waals surface area (Å²) < 4.78 is 0. The zero-order valence-electron chi connectivity index (χ0n) is 22.8. The molecular formula is C33H29N5O2. The Hall–Kier alpha value is -5.35. The molecule has 0 amide bonds. The third-order valence-corrected chi connectivity index (χ3v) is 6.62. The highest BCUT2D eigenvalue weighted by atomic mass is 16.6. The summed E-state index contributed by atoms with van der Waals surface area (Å²) in [6.45, 7) is 0. The molecule has 0 aliphatic rings.